The summed E-state index contributed by atoms with van der Waals surface area (Å²) in [5.41, 5.74) is 1.74. The molecule has 3 unspecified atom stereocenters. The first kappa shape index (κ1) is 14.0. The molecule has 110 valence electrons. The quantitative estimate of drug-likeness (QED) is 0.892. The average molecular weight is 274 g/mol. The van der Waals surface area contributed by atoms with Crippen molar-refractivity contribution in [2.45, 2.75) is 64.1 Å². The second-order valence-electron chi connectivity index (χ2n) is 6.34. The van der Waals surface area contributed by atoms with Crippen molar-refractivity contribution < 1.29 is 4.74 Å². The van der Waals surface area contributed by atoms with Gasteiger partial charge in [-0.3, -0.25) is 4.98 Å². The lowest BCUT2D eigenvalue weighted by Gasteiger charge is -2.55. The molecular formula is C17H26N2O. The zero-order valence-corrected chi connectivity index (χ0v) is 12.6. The van der Waals surface area contributed by atoms with Crippen LogP contribution in [0.25, 0.3) is 0 Å². The Hall–Kier alpha value is -0.930. The normalized spacial score (nSPS) is 29.3. The van der Waals surface area contributed by atoms with E-state index in [0.29, 0.717) is 23.6 Å². The van der Waals surface area contributed by atoms with Crippen LogP contribution in [0.2, 0.25) is 0 Å². The standard InChI is InChI=1S/C17H26N2O/c1-3-20-16-12-15(17(16)8-4-5-9-17)19-13(2)14-6-10-18-11-7-14/h6-7,10-11,13,15-16,19H,3-5,8-9,12H2,1-2H3. The number of hydrogen-bond donors (Lipinski definition) is 1. The van der Waals surface area contributed by atoms with Crippen LogP contribution < -0.4 is 5.32 Å². The molecule has 3 atom stereocenters. The van der Waals surface area contributed by atoms with E-state index >= 15 is 0 Å². The van der Waals surface area contributed by atoms with Crippen molar-refractivity contribution >= 4 is 0 Å². The van der Waals surface area contributed by atoms with Crippen molar-refractivity contribution in [2.75, 3.05) is 6.61 Å². The van der Waals surface area contributed by atoms with Crippen LogP contribution in [0.5, 0.6) is 0 Å². The van der Waals surface area contributed by atoms with Gasteiger partial charge in [0.1, 0.15) is 0 Å². The van der Waals surface area contributed by atoms with Crippen molar-refractivity contribution in [3.63, 3.8) is 0 Å². The molecule has 0 radical (unpaired) electrons. The summed E-state index contributed by atoms with van der Waals surface area (Å²) in [5.74, 6) is 0. The van der Waals surface area contributed by atoms with E-state index in [1.165, 1.54) is 37.7 Å². The largest absolute Gasteiger partial charge is 0.378 e. The molecule has 1 aromatic rings. The summed E-state index contributed by atoms with van der Waals surface area (Å²) >= 11 is 0. The molecule has 0 amide bonds. The molecule has 2 aliphatic carbocycles. The Kier molecular flexibility index (Phi) is 4.08. The minimum Gasteiger partial charge on any atom is -0.378 e. The van der Waals surface area contributed by atoms with Crippen molar-refractivity contribution in [1.29, 1.82) is 0 Å². The van der Waals surface area contributed by atoms with E-state index in [-0.39, 0.29) is 0 Å². The Labute approximate surface area is 122 Å². The Morgan fingerprint density at radius 3 is 2.70 bits per heavy atom. The second kappa shape index (κ2) is 5.82. The van der Waals surface area contributed by atoms with E-state index in [1.807, 2.05) is 12.4 Å². The highest BCUT2D eigenvalue weighted by Crippen LogP contribution is 2.55. The van der Waals surface area contributed by atoms with Gasteiger partial charge < -0.3 is 10.1 Å². The van der Waals surface area contributed by atoms with Crippen LogP contribution in [0.3, 0.4) is 0 Å². The van der Waals surface area contributed by atoms with Gasteiger partial charge in [-0.05, 0) is 50.8 Å². The SMILES string of the molecule is CCOC1CC(NC(C)c2ccncc2)C12CCCC2. The van der Waals surface area contributed by atoms with Crippen LogP contribution in [0.4, 0.5) is 0 Å². The molecule has 1 N–H and O–H groups in total. The molecule has 0 saturated heterocycles. The fourth-order valence-corrected chi connectivity index (χ4v) is 4.17. The Bertz CT molecular complexity index is 428. The first-order chi connectivity index (χ1) is 9.76. The van der Waals surface area contributed by atoms with E-state index in [4.69, 9.17) is 4.74 Å². The third kappa shape index (κ3) is 2.38. The summed E-state index contributed by atoms with van der Waals surface area (Å²) in [6.45, 7) is 5.22. The van der Waals surface area contributed by atoms with Crippen molar-refractivity contribution in [3.8, 4) is 0 Å². The van der Waals surface area contributed by atoms with E-state index in [0.717, 1.165) is 6.61 Å². The van der Waals surface area contributed by atoms with Crippen molar-refractivity contribution in [1.82, 2.24) is 10.3 Å². The lowest BCUT2D eigenvalue weighted by atomic mass is 9.60. The molecule has 3 nitrogen and oxygen atoms in total. The first-order valence-corrected chi connectivity index (χ1v) is 8.04. The lowest BCUT2D eigenvalue weighted by molar-refractivity contribution is -0.132. The van der Waals surface area contributed by atoms with E-state index in [9.17, 15) is 0 Å². The Morgan fingerprint density at radius 1 is 1.35 bits per heavy atom. The average Bonchev–Trinajstić information content (AvgIpc) is 2.99. The fourth-order valence-electron chi connectivity index (χ4n) is 4.17. The Balaban J connectivity index is 1.66. The fraction of sp³-hybridized carbons (Fsp3) is 0.706. The summed E-state index contributed by atoms with van der Waals surface area (Å²) in [6, 6.07) is 5.22. The number of rotatable bonds is 5. The van der Waals surface area contributed by atoms with Crippen LogP contribution in [0, 0.1) is 5.41 Å². The summed E-state index contributed by atoms with van der Waals surface area (Å²) < 4.78 is 5.98. The molecule has 2 fully saturated rings. The van der Waals surface area contributed by atoms with Crippen molar-refractivity contribution in [2.24, 2.45) is 5.41 Å². The maximum atomic E-state index is 5.98. The van der Waals surface area contributed by atoms with Crippen LogP contribution in [-0.4, -0.2) is 23.7 Å². The zero-order valence-electron chi connectivity index (χ0n) is 12.6. The summed E-state index contributed by atoms with van der Waals surface area (Å²) in [4.78, 5) is 4.10. The first-order valence-electron chi connectivity index (χ1n) is 8.04. The highest BCUT2D eigenvalue weighted by molar-refractivity contribution is 5.17. The number of ether oxygens (including phenoxy) is 1. The van der Waals surface area contributed by atoms with Gasteiger partial charge in [-0.1, -0.05) is 12.8 Å². The monoisotopic (exact) mass is 274 g/mol. The lowest BCUT2D eigenvalue weighted by Crippen LogP contribution is -2.63. The van der Waals surface area contributed by atoms with Gasteiger partial charge in [0, 0.05) is 36.5 Å². The number of hydrogen-bond acceptors (Lipinski definition) is 3. The predicted octanol–water partition coefficient (Wildman–Crippen LogP) is 3.47. The second-order valence-corrected chi connectivity index (χ2v) is 6.34. The molecule has 0 aromatic carbocycles. The van der Waals surface area contributed by atoms with E-state index in [1.54, 1.807) is 0 Å². The maximum absolute atomic E-state index is 5.98. The topological polar surface area (TPSA) is 34.1 Å². The van der Waals surface area contributed by atoms with Gasteiger partial charge in [0.25, 0.3) is 0 Å². The molecule has 20 heavy (non-hydrogen) atoms. The van der Waals surface area contributed by atoms with Gasteiger partial charge in [0.05, 0.1) is 6.10 Å². The van der Waals surface area contributed by atoms with Crippen LogP contribution >= 0.6 is 0 Å². The van der Waals surface area contributed by atoms with Crippen LogP contribution in [0.15, 0.2) is 24.5 Å². The molecule has 1 heterocycles. The smallest absolute Gasteiger partial charge is 0.0661 e. The summed E-state index contributed by atoms with van der Waals surface area (Å²) in [6.07, 6.45) is 10.8. The number of nitrogens with one attached hydrogen (secondary N) is 1. The Morgan fingerprint density at radius 2 is 2.05 bits per heavy atom. The van der Waals surface area contributed by atoms with Gasteiger partial charge in [0.15, 0.2) is 0 Å². The zero-order chi connectivity index (χ0) is 14.0. The van der Waals surface area contributed by atoms with Crippen LogP contribution in [0.1, 0.15) is 57.6 Å². The van der Waals surface area contributed by atoms with Gasteiger partial charge in [0.2, 0.25) is 0 Å². The molecule has 0 bridgehead atoms. The van der Waals surface area contributed by atoms with E-state index < -0.39 is 0 Å². The number of nitrogens with zero attached hydrogens (tertiary/aromatic N) is 1. The van der Waals surface area contributed by atoms with Gasteiger partial charge in [-0.25, -0.2) is 0 Å². The molecular weight excluding hydrogens is 248 g/mol. The molecule has 3 rings (SSSR count). The van der Waals surface area contributed by atoms with E-state index in [2.05, 4.69) is 36.3 Å². The third-order valence-electron chi connectivity index (χ3n) is 5.34. The van der Waals surface area contributed by atoms with Crippen LogP contribution in [-0.2, 0) is 4.74 Å². The molecule has 2 saturated carbocycles. The highest BCUT2D eigenvalue weighted by atomic mass is 16.5. The molecule has 1 spiro atoms. The minimum absolute atomic E-state index is 0.392. The maximum Gasteiger partial charge on any atom is 0.0661 e. The molecule has 2 aliphatic rings. The highest BCUT2D eigenvalue weighted by Gasteiger charge is 2.56. The summed E-state index contributed by atoms with van der Waals surface area (Å²) in [5, 5.41) is 3.85. The van der Waals surface area contributed by atoms with Gasteiger partial charge in [-0.2, -0.15) is 0 Å². The number of aromatic nitrogens is 1. The predicted molar refractivity (Wildman–Crippen MR) is 80.5 cm³/mol. The third-order valence-corrected chi connectivity index (χ3v) is 5.34. The van der Waals surface area contributed by atoms with Gasteiger partial charge in [-0.15, -0.1) is 0 Å². The number of pyridine rings is 1. The minimum atomic E-state index is 0.392. The molecule has 1 aromatic heterocycles. The summed E-state index contributed by atoms with van der Waals surface area (Å²) in [7, 11) is 0. The molecule has 0 aliphatic heterocycles. The van der Waals surface area contributed by atoms with Crippen molar-refractivity contribution in [3.05, 3.63) is 30.1 Å². The van der Waals surface area contributed by atoms with Gasteiger partial charge >= 0.3 is 0 Å². The molecule has 3 heteroatoms.